The number of nitrogens with zero attached hydrogens (tertiary/aromatic N) is 1. The van der Waals surface area contributed by atoms with Gasteiger partial charge in [0.2, 0.25) is 0 Å². The van der Waals surface area contributed by atoms with E-state index < -0.39 is 0 Å². The Balaban J connectivity index is 1.55. The van der Waals surface area contributed by atoms with Gasteiger partial charge in [-0.05, 0) is 63.4 Å². The highest BCUT2D eigenvalue weighted by atomic mass is 16.5. The Morgan fingerprint density at radius 2 is 2.05 bits per heavy atom. The lowest BCUT2D eigenvalue weighted by Gasteiger charge is -2.29. The normalized spacial score (nSPS) is 24.9. The maximum Gasteiger partial charge on any atom is 0.119 e. The molecule has 0 saturated carbocycles. The topological polar surface area (TPSA) is 24.5 Å². The molecule has 3 heteroatoms. The monoisotopic (exact) mass is 288 g/mol. The third-order valence-electron chi connectivity index (χ3n) is 4.76. The van der Waals surface area contributed by atoms with E-state index in [1.807, 2.05) is 0 Å². The Bertz CT molecular complexity index is 435. The van der Waals surface area contributed by atoms with Gasteiger partial charge in [0.15, 0.2) is 0 Å². The molecule has 2 aliphatic heterocycles. The van der Waals surface area contributed by atoms with E-state index in [0.29, 0.717) is 12.1 Å². The molecular weight excluding hydrogens is 260 g/mol. The van der Waals surface area contributed by atoms with Gasteiger partial charge in [-0.1, -0.05) is 18.6 Å². The molecule has 2 fully saturated rings. The van der Waals surface area contributed by atoms with Gasteiger partial charge < -0.3 is 15.0 Å². The van der Waals surface area contributed by atoms with E-state index in [1.165, 1.54) is 31.4 Å². The fraction of sp³-hybridized carbons (Fsp3) is 0.667. The van der Waals surface area contributed by atoms with Crippen LogP contribution in [0, 0.1) is 0 Å². The van der Waals surface area contributed by atoms with E-state index in [4.69, 9.17) is 4.74 Å². The van der Waals surface area contributed by atoms with E-state index in [1.54, 1.807) is 0 Å². The molecule has 0 bridgehead atoms. The molecule has 0 aliphatic carbocycles. The molecule has 2 aliphatic rings. The highest BCUT2D eigenvalue weighted by molar-refractivity contribution is 5.29. The van der Waals surface area contributed by atoms with Crippen molar-refractivity contribution in [2.75, 3.05) is 26.7 Å². The van der Waals surface area contributed by atoms with Crippen LogP contribution in [0.1, 0.15) is 37.7 Å². The average molecular weight is 288 g/mol. The summed E-state index contributed by atoms with van der Waals surface area (Å²) in [5.41, 5.74) is 1.40. The lowest BCUT2D eigenvalue weighted by atomic mass is 9.98. The van der Waals surface area contributed by atoms with E-state index in [2.05, 4.69) is 41.5 Å². The van der Waals surface area contributed by atoms with Crippen molar-refractivity contribution in [2.24, 2.45) is 0 Å². The summed E-state index contributed by atoms with van der Waals surface area (Å²) < 4.78 is 6.19. The minimum Gasteiger partial charge on any atom is -0.490 e. The molecule has 1 N–H and O–H groups in total. The van der Waals surface area contributed by atoms with Crippen LogP contribution in [0.5, 0.6) is 5.75 Å². The highest BCUT2D eigenvalue weighted by Gasteiger charge is 2.18. The molecule has 3 nitrogen and oxygen atoms in total. The summed E-state index contributed by atoms with van der Waals surface area (Å²) in [6.45, 7) is 3.48. The number of nitrogens with one attached hydrogen (secondary N) is 1. The number of piperidine rings is 2. The Labute approximate surface area is 128 Å². The van der Waals surface area contributed by atoms with Gasteiger partial charge in [-0.15, -0.1) is 0 Å². The van der Waals surface area contributed by atoms with Crippen LogP contribution in [0.25, 0.3) is 0 Å². The predicted octanol–water partition coefficient (Wildman–Crippen LogP) is 2.84. The molecule has 21 heavy (non-hydrogen) atoms. The number of ether oxygens (including phenoxy) is 1. The molecule has 1 unspecified atom stereocenters. The number of rotatable bonds is 4. The Morgan fingerprint density at radius 1 is 1.19 bits per heavy atom. The second kappa shape index (κ2) is 7.28. The molecule has 0 spiro atoms. The maximum atomic E-state index is 6.19. The van der Waals surface area contributed by atoms with Gasteiger partial charge in [0, 0.05) is 19.1 Å². The van der Waals surface area contributed by atoms with Crippen LogP contribution in [-0.4, -0.2) is 43.7 Å². The summed E-state index contributed by atoms with van der Waals surface area (Å²) in [6.07, 6.45) is 7.81. The van der Waals surface area contributed by atoms with Gasteiger partial charge in [-0.2, -0.15) is 0 Å². The van der Waals surface area contributed by atoms with Crippen molar-refractivity contribution in [3.05, 3.63) is 29.8 Å². The summed E-state index contributed by atoms with van der Waals surface area (Å²) in [5, 5.41) is 3.63. The van der Waals surface area contributed by atoms with Crippen molar-refractivity contribution in [1.82, 2.24) is 10.2 Å². The van der Waals surface area contributed by atoms with Crippen molar-refractivity contribution in [3.8, 4) is 5.75 Å². The van der Waals surface area contributed by atoms with Crippen molar-refractivity contribution in [2.45, 2.75) is 50.7 Å². The summed E-state index contributed by atoms with van der Waals surface area (Å²) in [4.78, 5) is 2.38. The van der Waals surface area contributed by atoms with Gasteiger partial charge in [0.1, 0.15) is 11.9 Å². The van der Waals surface area contributed by atoms with Crippen LogP contribution in [0.3, 0.4) is 0 Å². The molecule has 2 heterocycles. The molecule has 0 aromatic heterocycles. The number of likely N-dealkylation sites (tertiary alicyclic amines) is 1. The maximum absolute atomic E-state index is 6.19. The van der Waals surface area contributed by atoms with E-state index in [0.717, 1.165) is 38.1 Å². The van der Waals surface area contributed by atoms with Crippen LogP contribution >= 0.6 is 0 Å². The quantitative estimate of drug-likeness (QED) is 0.922. The van der Waals surface area contributed by atoms with Crippen LogP contribution in [0.4, 0.5) is 0 Å². The van der Waals surface area contributed by atoms with Gasteiger partial charge in [0.05, 0.1) is 0 Å². The van der Waals surface area contributed by atoms with Gasteiger partial charge in [-0.3, -0.25) is 0 Å². The average Bonchev–Trinajstić information content (AvgIpc) is 2.51. The molecule has 116 valence electrons. The first-order valence-electron chi connectivity index (χ1n) is 8.47. The van der Waals surface area contributed by atoms with Gasteiger partial charge in [-0.25, -0.2) is 0 Å². The van der Waals surface area contributed by atoms with E-state index in [-0.39, 0.29) is 0 Å². The molecule has 0 amide bonds. The van der Waals surface area contributed by atoms with Crippen molar-refractivity contribution in [3.63, 3.8) is 0 Å². The van der Waals surface area contributed by atoms with Gasteiger partial charge in [0.25, 0.3) is 0 Å². The van der Waals surface area contributed by atoms with Crippen molar-refractivity contribution in [1.29, 1.82) is 0 Å². The predicted molar refractivity (Wildman–Crippen MR) is 86.9 cm³/mol. The zero-order chi connectivity index (χ0) is 14.5. The Kier molecular flexibility index (Phi) is 5.15. The fourth-order valence-electron chi connectivity index (χ4n) is 3.42. The smallest absolute Gasteiger partial charge is 0.119 e. The van der Waals surface area contributed by atoms with Crippen molar-refractivity contribution < 1.29 is 4.74 Å². The van der Waals surface area contributed by atoms with Crippen molar-refractivity contribution >= 4 is 0 Å². The van der Waals surface area contributed by atoms with Gasteiger partial charge >= 0.3 is 0 Å². The number of hydrogen-bond donors (Lipinski definition) is 1. The number of benzene rings is 1. The molecule has 3 rings (SSSR count). The Hall–Kier alpha value is -1.06. The second-order valence-electron chi connectivity index (χ2n) is 6.62. The second-order valence-corrected chi connectivity index (χ2v) is 6.62. The minimum absolute atomic E-state index is 0.393. The van der Waals surface area contributed by atoms with E-state index >= 15 is 0 Å². The van der Waals surface area contributed by atoms with Crippen LogP contribution in [-0.2, 0) is 6.42 Å². The first-order valence-corrected chi connectivity index (χ1v) is 8.47. The lowest BCUT2D eigenvalue weighted by Crippen LogP contribution is -2.36. The van der Waals surface area contributed by atoms with Crippen LogP contribution in [0.15, 0.2) is 24.3 Å². The summed E-state index contributed by atoms with van der Waals surface area (Å²) >= 11 is 0. The summed E-state index contributed by atoms with van der Waals surface area (Å²) in [6, 6.07) is 9.38. The largest absolute Gasteiger partial charge is 0.490 e. The first kappa shape index (κ1) is 14.9. The number of hydrogen-bond acceptors (Lipinski definition) is 3. The lowest BCUT2D eigenvalue weighted by molar-refractivity contribution is 0.114. The summed E-state index contributed by atoms with van der Waals surface area (Å²) in [5.74, 6) is 1.05. The third kappa shape index (κ3) is 4.45. The van der Waals surface area contributed by atoms with E-state index in [9.17, 15) is 0 Å². The highest BCUT2D eigenvalue weighted by Crippen LogP contribution is 2.21. The molecule has 0 radical (unpaired) electrons. The third-order valence-corrected chi connectivity index (χ3v) is 4.76. The molecule has 1 aromatic carbocycles. The van der Waals surface area contributed by atoms with Crippen LogP contribution in [0.2, 0.25) is 0 Å². The molecule has 2 saturated heterocycles. The van der Waals surface area contributed by atoms with Crippen LogP contribution < -0.4 is 10.1 Å². The molecule has 1 aromatic rings. The fourth-order valence-corrected chi connectivity index (χ4v) is 3.42. The first-order chi connectivity index (χ1) is 10.3. The zero-order valence-electron chi connectivity index (χ0n) is 13.2. The Morgan fingerprint density at radius 3 is 2.81 bits per heavy atom. The SMILES string of the molecule is CN1CCC(Oc2cccc(CC3CCCCN3)c2)CC1. The molecule has 1 atom stereocenters. The summed E-state index contributed by atoms with van der Waals surface area (Å²) in [7, 11) is 2.19. The molecular formula is C18H28N2O. The minimum atomic E-state index is 0.393. The standard InChI is InChI=1S/C18H28N2O/c1-20-11-8-17(9-12-20)21-18-7-4-5-15(14-18)13-16-6-2-3-10-19-16/h4-5,7,14,16-17,19H,2-3,6,8-13H2,1H3. The zero-order valence-corrected chi connectivity index (χ0v) is 13.2.